The quantitative estimate of drug-likeness (QED) is 0.879. The van der Waals surface area contributed by atoms with E-state index in [1.54, 1.807) is 6.92 Å². The van der Waals surface area contributed by atoms with Crippen molar-refractivity contribution >= 4 is 28.6 Å². The highest BCUT2D eigenvalue weighted by Gasteiger charge is 2.13. The van der Waals surface area contributed by atoms with Gasteiger partial charge in [-0.25, -0.2) is 8.78 Å². The molecule has 2 rings (SSSR count). The molecule has 1 heterocycles. The third-order valence-corrected chi connectivity index (χ3v) is 3.42. The summed E-state index contributed by atoms with van der Waals surface area (Å²) in [7, 11) is 0. The summed E-state index contributed by atoms with van der Waals surface area (Å²) in [6.07, 6.45) is 0. The Bertz CT molecular complexity index is 591. The number of amides is 1. The zero-order chi connectivity index (χ0) is 13.3. The van der Waals surface area contributed by atoms with E-state index in [-0.39, 0.29) is 5.69 Å². The zero-order valence-electron chi connectivity index (χ0n) is 9.46. The van der Waals surface area contributed by atoms with Gasteiger partial charge in [0.2, 0.25) is 0 Å². The molecule has 0 saturated heterocycles. The number of benzene rings is 1. The van der Waals surface area contributed by atoms with Crippen molar-refractivity contribution in [1.29, 1.82) is 0 Å². The Morgan fingerprint density at radius 2 is 2.06 bits per heavy atom. The largest absolute Gasteiger partial charge is 0.398 e. The summed E-state index contributed by atoms with van der Waals surface area (Å²) in [6, 6.07) is 4.49. The molecule has 0 atom stereocenters. The van der Waals surface area contributed by atoms with Gasteiger partial charge in [0.15, 0.2) is 0 Å². The number of rotatable bonds is 2. The van der Waals surface area contributed by atoms with Crippen molar-refractivity contribution in [3.63, 3.8) is 0 Å². The number of nitrogens with one attached hydrogen (secondary N) is 1. The molecule has 1 aromatic heterocycles. The van der Waals surface area contributed by atoms with E-state index in [0.29, 0.717) is 16.6 Å². The normalized spacial score (nSPS) is 10.4. The van der Waals surface area contributed by atoms with Crippen LogP contribution in [0.5, 0.6) is 0 Å². The molecule has 0 unspecified atom stereocenters. The number of hydrogen-bond donors (Lipinski definition) is 2. The van der Waals surface area contributed by atoms with Crippen LogP contribution >= 0.6 is 11.3 Å². The molecular formula is C12H10F2N2OS. The first-order valence-corrected chi connectivity index (χ1v) is 5.91. The highest BCUT2D eigenvalue weighted by Crippen LogP contribution is 2.24. The van der Waals surface area contributed by atoms with Crippen LogP contribution in [-0.2, 0) is 0 Å². The minimum absolute atomic E-state index is 0.0639. The average Bonchev–Trinajstić information content (AvgIpc) is 2.63. The molecule has 0 spiro atoms. The maximum atomic E-state index is 13.3. The number of anilines is 2. The average molecular weight is 268 g/mol. The summed E-state index contributed by atoms with van der Waals surface area (Å²) in [4.78, 5) is 13.0. The number of halogens is 2. The monoisotopic (exact) mass is 268 g/mol. The Hall–Kier alpha value is -1.95. The lowest BCUT2D eigenvalue weighted by molar-refractivity contribution is 0.103. The lowest BCUT2D eigenvalue weighted by Crippen LogP contribution is -2.11. The van der Waals surface area contributed by atoms with E-state index in [2.05, 4.69) is 5.32 Å². The van der Waals surface area contributed by atoms with Gasteiger partial charge < -0.3 is 11.1 Å². The smallest absolute Gasteiger partial charge is 0.265 e. The lowest BCUT2D eigenvalue weighted by Gasteiger charge is -2.04. The van der Waals surface area contributed by atoms with Crippen molar-refractivity contribution in [1.82, 2.24) is 0 Å². The van der Waals surface area contributed by atoms with Crippen molar-refractivity contribution in [3.8, 4) is 0 Å². The predicted octanol–water partition coefficient (Wildman–Crippen LogP) is 3.17. The molecule has 0 saturated carbocycles. The highest BCUT2D eigenvalue weighted by molar-refractivity contribution is 7.14. The molecule has 1 aromatic carbocycles. The first kappa shape index (κ1) is 12.5. The Labute approximate surface area is 106 Å². The van der Waals surface area contributed by atoms with Crippen molar-refractivity contribution in [3.05, 3.63) is 45.7 Å². The Balaban J connectivity index is 2.21. The number of carbonyl (C=O) groups is 1. The predicted molar refractivity (Wildman–Crippen MR) is 67.8 cm³/mol. The molecule has 2 aromatic rings. The number of aryl methyl sites for hydroxylation is 1. The van der Waals surface area contributed by atoms with Gasteiger partial charge in [-0.15, -0.1) is 11.3 Å². The molecule has 0 aliphatic heterocycles. The van der Waals surface area contributed by atoms with Crippen LogP contribution in [0.4, 0.5) is 20.2 Å². The second-order valence-corrected chi connectivity index (χ2v) is 4.96. The summed E-state index contributed by atoms with van der Waals surface area (Å²) >= 11 is 1.22. The van der Waals surface area contributed by atoms with Gasteiger partial charge in [0.25, 0.3) is 5.91 Å². The molecule has 94 valence electrons. The van der Waals surface area contributed by atoms with E-state index in [1.807, 2.05) is 0 Å². The van der Waals surface area contributed by atoms with E-state index < -0.39 is 17.5 Å². The van der Waals surface area contributed by atoms with Crippen LogP contribution in [0.1, 0.15) is 14.5 Å². The van der Waals surface area contributed by atoms with E-state index in [4.69, 9.17) is 5.73 Å². The lowest BCUT2D eigenvalue weighted by atomic mass is 10.3. The van der Waals surface area contributed by atoms with Crippen LogP contribution in [0, 0.1) is 18.6 Å². The molecule has 0 radical (unpaired) electrons. The van der Waals surface area contributed by atoms with Gasteiger partial charge in [0.05, 0.1) is 10.6 Å². The maximum Gasteiger partial charge on any atom is 0.265 e. The van der Waals surface area contributed by atoms with Gasteiger partial charge in [-0.1, -0.05) is 0 Å². The summed E-state index contributed by atoms with van der Waals surface area (Å²) in [5.41, 5.74) is 6.08. The summed E-state index contributed by atoms with van der Waals surface area (Å²) < 4.78 is 26.0. The second-order valence-electron chi connectivity index (χ2n) is 3.70. The van der Waals surface area contributed by atoms with E-state index in [9.17, 15) is 13.6 Å². The number of carbonyl (C=O) groups excluding carboxylic acids is 1. The topological polar surface area (TPSA) is 55.1 Å². The van der Waals surface area contributed by atoms with Crippen LogP contribution in [0.25, 0.3) is 0 Å². The Morgan fingerprint density at radius 3 is 2.61 bits per heavy atom. The first-order chi connectivity index (χ1) is 8.47. The fourth-order valence-electron chi connectivity index (χ4n) is 1.38. The molecule has 0 fully saturated rings. The van der Waals surface area contributed by atoms with Crippen molar-refractivity contribution in [2.45, 2.75) is 6.92 Å². The van der Waals surface area contributed by atoms with Crippen molar-refractivity contribution in [2.75, 3.05) is 11.1 Å². The van der Waals surface area contributed by atoms with Gasteiger partial charge >= 0.3 is 0 Å². The fraction of sp³-hybridized carbons (Fsp3) is 0.0833. The molecule has 0 bridgehead atoms. The number of nitrogen functional groups attached to an aromatic ring is 1. The third kappa shape index (κ3) is 2.48. The minimum atomic E-state index is -0.815. The van der Waals surface area contributed by atoms with Gasteiger partial charge in [0, 0.05) is 16.6 Å². The Morgan fingerprint density at radius 1 is 1.33 bits per heavy atom. The minimum Gasteiger partial charge on any atom is -0.398 e. The second kappa shape index (κ2) is 4.73. The van der Waals surface area contributed by atoms with Gasteiger partial charge in [-0.05, 0) is 25.1 Å². The van der Waals surface area contributed by atoms with Crippen LogP contribution in [0.15, 0.2) is 24.3 Å². The summed E-state index contributed by atoms with van der Waals surface area (Å²) in [5.74, 6) is -1.98. The van der Waals surface area contributed by atoms with Crippen molar-refractivity contribution in [2.24, 2.45) is 0 Å². The fourth-order valence-corrected chi connectivity index (χ4v) is 2.22. The number of nitrogens with two attached hydrogens (primary N) is 1. The van der Waals surface area contributed by atoms with Crippen LogP contribution in [0.3, 0.4) is 0 Å². The third-order valence-electron chi connectivity index (χ3n) is 2.36. The van der Waals surface area contributed by atoms with Crippen LogP contribution < -0.4 is 11.1 Å². The molecule has 6 heteroatoms. The van der Waals surface area contributed by atoms with E-state index in [0.717, 1.165) is 10.9 Å². The van der Waals surface area contributed by atoms with E-state index in [1.165, 1.54) is 23.5 Å². The molecule has 0 aliphatic rings. The Kier molecular flexibility index (Phi) is 3.29. The van der Waals surface area contributed by atoms with E-state index >= 15 is 0 Å². The van der Waals surface area contributed by atoms with Crippen molar-refractivity contribution < 1.29 is 13.6 Å². The molecule has 3 nitrogen and oxygen atoms in total. The SMILES string of the molecule is Cc1sc(C(=O)Nc2ccc(F)cc2F)cc1N. The number of thiophene rings is 1. The standard InChI is InChI=1S/C12H10F2N2OS/c1-6-9(15)5-11(18-6)12(17)16-10-3-2-7(13)4-8(10)14/h2-5H,15H2,1H3,(H,16,17). The zero-order valence-corrected chi connectivity index (χ0v) is 10.3. The molecule has 3 N–H and O–H groups in total. The van der Waals surface area contributed by atoms with Gasteiger partial charge in [0.1, 0.15) is 11.6 Å². The molecule has 1 amide bonds. The number of hydrogen-bond acceptors (Lipinski definition) is 3. The summed E-state index contributed by atoms with van der Waals surface area (Å²) in [6.45, 7) is 1.79. The van der Waals surface area contributed by atoms with Gasteiger partial charge in [-0.2, -0.15) is 0 Å². The first-order valence-electron chi connectivity index (χ1n) is 5.09. The summed E-state index contributed by atoms with van der Waals surface area (Å²) in [5, 5.41) is 2.37. The molecule has 0 aliphatic carbocycles. The highest BCUT2D eigenvalue weighted by atomic mass is 32.1. The molecule has 18 heavy (non-hydrogen) atoms. The maximum absolute atomic E-state index is 13.3. The van der Waals surface area contributed by atoms with Crippen LogP contribution in [-0.4, -0.2) is 5.91 Å². The van der Waals surface area contributed by atoms with Crippen LogP contribution in [0.2, 0.25) is 0 Å². The van der Waals surface area contributed by atoms with Gasteiger partial charge in [-0.3, -0.25) is 4.79 Å². The molecular weight excluding hydrogens is 258 g/mol.